The predicted molar refractivity (Wildman–Crippen MR) is 106 cm³/mol. The minimum absolute atomic E-state index is 0. The number of hydrogen-bond donors (Lipinski definition) is 2. The van der Waals surface area contributed by atoms with E-state index in [1.165, 1.54) is 11.1 Å². The van der Waals surface area contributed by atoms with Crippen molar-refractivity contribution in [3.8, 4) is 0 Å². The molecule has 7 heteroatoms. The number of aliphatic imine (C=N–C) groups is 1. The molecular formula is C16H26IN3O2S. The molecule has 0 saturated carbocycles. The summed E-state index contributed by atoms with van der Waals surface area (Å²) in [5.74, 6) is 0.994. The normalized spacial score (nSPS) is 17.8. The summed E-state index contributed by atoms with van der Waals surface area (Å²) >= 11 is 0. The van der Waals surface area contributed by atoms with Gasteiger partial charge in [0.25, 0.3) is 0 Å². The number of guanidine groups is 1. The van der Waals surface area contributed by atoms with Gasteiger partial charge in [-0.2, -0.15) is 0 Å². The molecule has 0 fully saturated rings. The number of nitrogens with one attached hydrogen (secondary N) is 2. The molecule has 1 aliphatic carbocycles. The van der Waals surface area contributed by atoms with Crippen LogP contribution in [0, 0.1) is 0 Å². The van der Waals surface area contributed by atoms with E-state index in [4.69, 9.17) is 0 Å². The predicted octanol–water partition coefficient (Wildman–Crippen LogP) is 1.76. The molecule has 2 N–H and O–H groups in total. The Hall–Kier alpha value is -0.830. The van der Waals surface area contributed by atoms with Gasteiger partial charge in [-0.05, 0) is 30.4 Å². The van der Waals surface area contributed by atoms with Crippen molar-refractivity contribution in [1.82, 2.24) is 10.6 Å². The van der Waals surface area contributed by atoms with Crippen molar-refractivity contribution in [3.63, 3.8) is 0 Å². The smallest absolute Gasteiger partial charge is 0.191 e. The van der Waals surface area contributed by atoms with Crippen molar-refractivity contribution < 1.29 is 8.42 Å². The van der Waals surface area contributed by atoms with E-state index in [0.29, 0.717) is 18.5 Å². The number of benzene rings is 1. The van der Waals surface area contributed by atoms with E-state index >= 15 is 0 Å². The molecule has 1 unspecified atom stereocenters. The fourth-order valence-electron chi connectivity index (χ4n) is 2.68. The number of aryl methyl sites for hydroxylation is 1. The van der Waals surface area contributed by atoms with E-state index in [-0.39, 0.29) is 35.5 Å². The molecule has 1 aromatic rings. The van der Waals surface area contributed by atoms with Gasteiger partial charge in [-0.25, -0.2) is 8.42 Å². The first-order valence-corrected chi connectivity index (χ1v) is 9.60. The average molecular weight is 451 g/mol. The molecule has 1 atom stereocenters. The lowest BCUT2D eigenvalue weighted by Gasteiger charge is -2.27. The van der Waals surface area contributed by atoms with E-state index in [2.05, 4.69) is 39.9 Å². The summed E-state index contributed by atoms with van der Waals surface area (Å²) in [6, 6.07) is 8.86. The topological polar surface area (TPSA) is 70.6 Å². The second-order valence-electron chi connectivity index (χ2n) is 5.59. The highest BCUT2D eigenvalue weighted by Crippen LogP contribution is 2.20. The van der Waals surface area contributed by atoms with Gasteiger partial charge in [-0.15, -0.1) is 24.0 Å². The van der Waals surface area contributed by atoms with Crippen LogP contribution in [-0.4, -0.2) is 45.5 Å². The van der Waals surface area contributed by atoms with Gasteiger partial charge in [0.1, 0.15) is 0 Å². The van der Waals surface area contributed by atoms with Crippen molar-refractivity contribution in [2.24, 2.45) is 4.99 Å². The maximum Gasteiger partial charge on any atom is 0.191 e. The highest BCUT2D eigenvalue weighted by atomic mass is 127. The summed E-state index contributed by atoms with van der Waals surface area (Å²) in [5.41, 5.74) is 2.81. The molecule has 0 radical (unpaired) electrons. The van der Waals surface area contributed by atoms with Gasteiger partial charge in [0.2, 0.25) is 0 Å². The monoisotopic (exact) mass is 451 g/mol. The zero-order chi connectivity index (χ0) is 16.0. The summed E-state index contributed by atoms with van der Waals surface area (Å²) in [7, 11) is -1.23. The third kappa shape index (κ3) is 6.29. The van der Waals surface area contributed by atoms with Gasteiger partial charge in [0, 0.05) is 25.4 Å². The Balaban J connectivity index is 0.00000264. The number of hydrogen-bond acceptors (Lipinski definition) is 3. The Morgan fingerprint density at radius 1 is 1.30 bits per heavy atom. The summed E-state index contributed by atoms with van der Waals surface area (Å²) in [4.78, 5) is 4.18. The third-order valence-corrected chi connectivity index (χ3v) is 5.76. The zero-order valence-electron chi connectivity index (χ0n) is 13.7. The molecule has 0 heterocycles. The maximum atomic E-state index is 11.5. The zero-order valence-corrected chi connectivity index (χ0v) is 16.9. The first kappa shape index (κ1) is 20.2. The van der Waals surface area contributed by atoms with Crippen LogP contribution in [0.2, 0.25) is 0 Å². The molecule has 5 nitrogen and oxygen atoms in total. The van der Waals surface area contributed by atoms with Crippen LogP contribution in [-0.2, 0) is 22.7 Å². The summed E-state index contributed by atoms with van der Waals surface area (Å²) < 4.78 is 23.0. The molecule has 0 amide bonds. The van der Waals surface area contributed by atoms with E-state index in [1.54, 1.807) is 14.0 Å². The van der Waals surface area contributed by atoms with Gasteiger partial charge in [-0.1, -0.05) is 31.2 Å². The van der Waals surface area contributed by atoms with Gasteiger partial charge in [0.15, 0.2) is 15.8 Å². The van der Waals surface area contributed by atoms with Crippen molar-refractivity contribution in [3.05, 3.63) is 35.4 Å². The van der Waals surface area contributed by atoms with Gasteiger partial charge < -0.3 is 10.6 Å². The Bertz CT molecular complexity index is 632. The maximum absolute atomic E-state index is 11.5. The summed E-state index contributed by atoms with van der Waals surface area (Å²) in [6.45, 7) is 2.06. The molecule has 0 bridgehead atoms. The Labute approximate surface area is 156 Å². The van der Waals surface area contributed by atoms with Crippen molar-refractivity contribution >= 4 is 39.8 Å². The molecule has 0 aromatic heterocycles. The number of sulfone groups is 1. The minimum atomic E-state index is -2.94. The molecule has 1 aliphatic rings. The fraction of sp³-hybridized carbons (Fsp3) is 0.562. The van der Waals surface area contributed by atoms with Gasteiger partial charge in [0.05, 0.1) is 5.75 Å². The van der Waals surface area contributed by atoms with Crippen molar-refractivity contribution in [2.45, 2.75) is 32.2 Å². The van der Waals surface area contributed by atoms with Crippen LogP contribution in [0.4, 0.5) is 0 Å². The molecule has 23 heavy (non-hydrogen) atoms. The van der Waals surface area contributed by atoms with Crippen LogP contribution >= 0.6 is 24.0 Å². The van der Waals surface area contributed by atoms with Crippen LogP contribution in [0.25, 0.3) is 0 Å². The first-order valence-electron chi connectivity index (χ1n) is 7.78. The van der Waals surface area contributed by atoms with Crippen molar-refractivity contribution in [1.29, 1.82) is 0 Å². The SMILES string of the molecule is CCS(=O)(=O)CCNC(=NC)NC1CCc2ccccc2C1.I. The highest BCUT2D eigenvalue weighted by molar-refractivity contribution is 14.0. The number of fused-ring (bicyclic) bond motifs is 1. The second-order valence-corrected chi connectivity index (χ2v) is 8.06. The quantitative estimate of drug-likeness (QED) is 0.407. The fourth-order valence-corrected chi connectivity index (χ4v) is 3.38. The lowest BCUT2D eigenvalue weighted by atomic mass is 9.88. The van der Waals surface area contributed by atoms with E-state index in [9.17, 15) is 8.42 Å². The Kier molecular flexibility index (Phi) is 8.32. The Morgan fingerprint density at radius 3 is 2.65 bits per heavy atom. The van der Waals surface area contributed by atoms with Crippen LogP contribution in [0.5, 0.6) is 0 Å². The van der Waals surface area contributed by atoms with Crippen LogP contribution in [0.1, 0.15) is 24.5 Å². The first-order chi connectivity index (χ1) is 10.5. The highest BCUT2D eigenvalue weighted by Gasteiger charge is 2.19. The lowest BCUT2D eigenvalue weighted by molar-refractivity contribution is 0.521. The minimum Gasteiger partial charge on any atom is -0.355 e. The van der Waals surface area contributed by atoms with E-state index < -0.39 is 9.84 Å². The standard InChI is InChI=1S/C16H25N3O2S.HI/c1-3-22(20,21)11-10-18-16(17-2)19-15-9-8-13-6-4-5-7-14(13)12-15;/h4-7,15H,3,8-12H2,1-2H3,(H2,17,18,19);1H. The van der Waals surface area contributed by atoms with Crippen LogP contribution in [0.3, 0.4) is 0 Å². The molecule has 0 saturated heterocycles. The lowest BCUT2D eigenvalue weighted by Crippen LogP contribution is -2.46. The summed E-state index contributed by atoms with van der Waals surface area (Å²) in [6.07, 6.45) is 3.10. The van der Waals surface area contributed by atoms with Crippen LogP contribution in [0.15, 0.2) is 29.3 Å². The number of halogens is 1. The van der Waals surface area contributed by atoms with Gasteiger partial charge in [-0.3, -0.25) is 4.99 Å². The molecule has 2 rings (SSSR count). The van der Waals surface area contributed by atoms with Gasteiger partial charge >= 0.3 is 0 Å². The molecule has 130 valence electrons. The molecule has 1 aromatic carbocycles. The molecule has 0 aliphatic heterocycles. The van der Waals surface area contributed by atoms with Crippen LogP contribution < -0.4 is 10.6 Å². The summed E-state index contributed by atoms with van der Waals surface area (Å²) in [5, 5.41) is 6.49. The molecular weight excluding hydrogens is 425 g/mol. The molecule has 0 spiro atoms. The average Bonchev–Trinajstić information content (AvgIpc) is 2.53. The number of nitrogens with zero attached hydrogens (tertiary/aromatic N) is 1. The Morgan fingerprint density at radius 2 is 2.00 bits per heavy atom. The largest absolute Gasteiger partial charge is 0.355 e. The van der Waals surface area contributed by atoms with Crippen molar-refractivity contribution in [2.75, 3.05) is 25.1 Å². The van der Waals surface area contributed by atoms with E-state index in [1.807, 2.05) is 0 Å². The number of rotatable bonds is 5. The second kappa shape index (κ2) is 9.46. The van der Waals surface area contributed by atoms with E-state index in [0.717, 1.165) is 19.3 Å². The third-order valence-electron chi connectivity index (χ3n) is 4.06.